The molecule has 1 atom stereocenters. The van der Waals surface area contributed by atoms with Gasteiger partial charge in [-0.1, -0.05) is 13.8 Å². The van der Waals surface area contributed by atoms with Crippen LogP contribution in [0.1, 0.15) is 47.5 Å². The second kappa shape index (κ2) is 6.36. The highest BCUT2D eigenvalue weighted by atomic mass is 16.5. The summed E-state index contributed by atoms with van der Waals surface area (Å²) in [5, 5.41) is 3.61. The molecule has 1 fully saturated rings. The first-order valence-electron chi connectivity index (χ1n) is 7.21. The maximum atomic E-state index is 5.41. The minimum Gasteiger partial charge on any atom is -0.383 e. The number of piperidine rings is 1. The third-order valence-electron chi connectivity index (χ3n) is 3.67. The molecule has 1 rings (SSSR count). The molecule has 0 aromatic heterocycles. The Balaban J connectivity index is 2.55. The third-order valence-corrected chi connectivity index (χ3v) is 3.67. The van der Waals surface area contributed by atoms with Crippen LogP contribution in [0.5, 0.6) is 0 Å². The highest BCUT2D eigenvalue weighted by molar-refractivity contribution is 4.86. The average Bonchev–Trinajstić information content (AvgIpc) is 2.21. The van der Waals surface area contributed by atoms with Crippen LogP contribution in [0, 0.1) is 5.41 Å². The molecular weight excluding hydrogens is 224 g/mol. The minimum atomic E-state index is 0.178. The summed E-state index contributed by atoms with van der Waals surface area (Å²) >= 11 is 0. The van der Waals surface area contributed by atoms with Crippen LogP contribution in [0.15, 0.2) is 0 Å². The lowest BCUT2D eigenvalue weighted by Crippen LogP contribution is -2.53. The number of ether oxygens (including phenoxy) is 1. The zero-order valence-electron chi connectivity index (χ0n) is 13.2. The predicted molar refractivity (Wildman–Crippen MR) is 78.0 cm³/mol. The van der Waals surface area contributed by atoms with Gasteiger partial charge in [-0.3, -0.25) is 4.90 Å². The average molecular weight is 256 g/mol. The number of nitrogens with one attached hydrogen (secondary N) is 1. The molecule has 1 N–H and O–H groups in total. The minimum absolute atomic E-state index is 0.178. The van der Waals surface area contributed by atoms with Crippen LogP contribution >= 0.6 is 0 Å². The molecule has 0 aromatic carbocycles. The Morgan fingerprint density at radius 2 is 2.00 bits per heavy atom. The molecule has 0 spiro atoms. The van der Waals surface area contributed by atoms with Crippen LogP contribution in [0.2, 0.25) is 0 Å². The van der Waals surface area contributed by atoms with E-state index in [0.717, 1.165) is 13.2 Å². The van der Waals surface area contributed by atoms with Crippen molar-refractivity contribution in [1.29, 1.82) is 0 Å². The molecule has 0 bridgehead atoms. The van der Waals surface area contributed by atoms with Gasteiger partial charge >= 0.3 is 0 Å². The van der Waals surface area contributed by atoms with Crippen molar-refractivity contribution < 1.29 is 4.74 Å². The number of hydrogen-bond acceptors (Lipinski definition) is 3. The molecule has 18 heavy (non-hydrogen) atoms. The van der Waals surface area contributed by atoms with Gasteiger partial charge in [0.05, 0.1) is 6.61 Å². The Bertz CT molecular complexity index is 245. The van der Waals surface area contributed by atoms with E-state index in [-0.39, 0.29) is 5.54 Å². The number of methoxy groups -OCH3 is 1. The second-order valence-electron chi connectivity index (χ2n) is 7.48. The van der Waals surface area contributed by atoms with Gasteiger partial charge < -0.3 is 10.1 Å². The van der Waals surface area contributed by atoms with Crippen molar-refractivity contribution in [2.45, 2.75) is 59.0 Å². The molecular formula is C15H32N2O. The fourth-order valence-corrected chi connectivity index (χ4v) is 2.69. The smallest absolute Gasteiger partial charge is 0.0630 e. The van der Waals surface area contributed by atoms with Crippen molar-refractivity contribution >= 4 is 0 Å². The summed E-state index contributed by atoms with van der Waals surface area (Å²) in [7, 11) is 1.80. The van der Waals surface area contributed by atoms with E-state index in [1.54, 1.807) is 7.11 Å². The zero-order chi connectivity index (χ0) is 13.8. The molecule has 3 nitrogen and oxygen atoms in total. The SMILES string of the molecule is COCC(CNC(C)(C)C)N1CCCC(C)(C)C1. The Kier molecular flexibility index (Phi) is 5.63. The summed E-state index contributed by atoms with van der Waals surface area (Å²) in [6.45, 7) is 15.6. The van der Waals surface area contributed by atoms with Crippen molar-refractivity contribution in [1.82, 2.24) is 10.2 Å². The van der Waals surface area contributed by atoms with Gasteiger partial charge in [-0.05, 0) is 45.6 Å². The van der Waals surface area contributed by atoms with Crippen LogP contribution in [-0.2, 0) is 4.74 Å². The number of rotatable bonds is 5. The zero-order valence-corrected chi connectivity index (χ0v) is 13.2. The maximum absolute atomic E-state index is 5.41. The van der Waals surface area contributed by atoms with E-state index < -0.39 is 0 Å². The van der Waals surface area contributed by atoms with Gasteiger partial charge in [0.2, 0.25) is 0 Å². The van der Waals surface area contributed by atoms with E-state index in [9.17, 15) is 0 Å². The van der Waals surface area contributed by atoms with Crippen molar-refractivity contribution in [2.75, 3.05) is 33.4 Å². The maximum Gasteiger partial charge on any atom is 0.0630 e. The summed E-state index contributed by atoms with van der Waals surface area (Å²) < 4.78 is 5.41. The molecule has 0 saturated carbocycles. The number of likely N-dealkylation sites (tertiary alicyclic amines) is 1. The van der Waals surface area contributed by atoms with Gasteiger partial charge in [-0.25, -0.2) is 0 Å². The van der Waals surface area contributed by atoms with E-state index in [2.05, 4.69) is 44.8 Å². The molecule has 1 unspecified atom stereocenters. The summed E-state index contributed by atoms with van der Waals surface area (Å²) in [4.78, 5) is 2.60. The predicted octanol–water partition coefficient (Wildman–Crippen LogP) is 2.51. The number of hydrogen-bond donors (Lipinski definition) is 1. The summed E-state index contributed by atoms with van der Waals surface area (Å²) in [5.41, 5.74) is 0.628. The molecule has 1 heterocycles. The number of nitrogens with zero attached hydrogens (tertiary/aromatic N) is 1. The molecule has 1 aliphatic heterocycles. The Hall–Kier alpha value is -0.120. The molecule has 1 aliphatic rings. The first-order chi connectivity index (χ1) is 8.23. The standard InChI is InChI=1S/C15H32N2O/c1-14(2,3)16-10-13(11-18-6)17-9-7-8-15(4,5)12-17/h13,16H,7-12H2,1-6H3. The largest absolute Gasteiger partial charge is 0.383 e. The summed E-state index contributed by atoms with van der Waals surface area (Å²) in [5.74, 6) is 0. The molecule has 0 amide bonds. The third kappa shape index (κ3) is 5.68. The Labute approximate surface area is 113 Å². The molecule has 1 saturated heterocycles. The van der Waals surface area contributed by atoms with Gasteiger partial charge in [-0.2, -0.15) is 0 Å². The summed E-state index contributed by atoms with van der Waals surface area (Å²) in [6, 6.07) is 0.494. The van der Waals surface area contributed by atoms with Gasteiger partial charge in [0, 0.05) is 31.8 Å². The van der Waals surface area contributed by atoms with Crippen LogP contribution in [-0.4, -0.2) is 49.8 Å². The van der Waals surface area contributed by atoms with Crippen molar-refractivity contribution in [3.8, 4) is 0 Å². The van der Waals surface area contributed by atoms with Crippen LogP contribution in [0.4, 0.5) is 0 Å². The highest BCUT2D eigenvalue weighted by Crippen LogP contribution is 2.29. The van der Waals surface area contributed by atoms with Crippen LogP contribution < -0.4 is 5.32 Å². The monoisotopic (exact) mass is 256 g/mol. The normalized spacial score (nSPS) is 23.0. The first kappa shape index (κ1) is 15.9. The van der Waals surface area contributed by atoms with Crippen molar-refractivity contribution in [3.63, 3.8) is 0 Å². The van der Waals surface area contributed by atoms with Gasteiger partial charge in [0.15, 0.2) is 0 Å². The van der Waals surface area contributed by atoms with E-state index in [1.807, 2.05) is 0 Å². The first-order valence-corrected chi connectivity index (χ1v) is 7.21. The quantitative estimate of drug-likeness (QED) is 0.818. The molecule has 0 aromatic rings. The lowest BCUT2D eigenvalue weighted by atomic mass is 9.83. The molecule has 0 aliphatic carbocycles. The Morgan fingerprint density at radius 1 is 1.33 bits per heavy atom. The van der Waals surface area contributed by atoms with E-state index in [1.165, 1.54) is 25.9 Å². The Morgan fingerprint density at radius 3 is 2.50 bits per heavy atom. The van der Waals surface area contributed by atoms with E-state index in [0.29, 0.717) is 11.5 Å². The van der Waals surface area contributed by atoms with Crippen LogP contribution in [0.3, 0.4) is 0 Å². The lowest BCUT2D eigenvalue weighted by Gasteiger charge is -2.42. The summed E-state index contributed by atoms with van der Waals surface area (Å²) in [6.07, 6.45) is 2.65. The van der Waals surface area contributed by atoms with Crippen molar-refractivity contribution in [2.24, 2.45) is 5.41 Å². The second-order valence-corrected chi connectivity index (χ2v) is 7.48. The molecule has 3 heteroatoms. The van der Waals surface area contributed by atoms with E-state index in [4.69, 9.17) is 4.74 Å². The fraction of sp³-hybridized carbons (Fsp3) is 1.00. The van der Waals surface area contributed by atoms with Gasteiger partial charge in [-0.15, -0.1) is 0 Å². The van der Waals surface area contributed by atoms with Gasteiger partial charge in [0.1, 0.15) is 0 Å². The van der Waals surface area contributed by atoms with E-state index >= 15 is 0 Å². The van der Waals surface area contributed by atoms with Crippen LogP contribution in [0.25, 0.3) is 0 Å². The fourth-order valence-electron chi connectivity index (χ4n) is 2.69. The topological polar surface area (TPSA) is 24.5 Å². The van der Waals surface area contributed by atoms with Gasteiger partial charge in [0.25, 0.3) is 0 Å². The highest BCUT2D eigenvalue weighted by Gasteiger charge is 2.30. The molecule has 108 valence electrons. The molecule has 0 radical (unpaired) electrons. The lowest BCUT2D eigenvalue weighted by molar-refractivity contribution is 0.0333. The van der Waals surface area contributed by atoms with Crippen molar-refractivity contribution in [3.05, 3.63) is 0 Å².